The molecule has 0 unspecified atom stereocenters. The van der Waals surface area contributed by atoms with Crippen LogP contribution in [0.1, 0.15) is 68.6 Å². The van der Waals surface area contributed by atoms with Crippen molar-refractivity contribution in [2.24, 2.45) is 0 Å². The predicted octanol–water partition coefficient (Wildman–Crippen LogP) is 5.35. The van der Waals surface area contributed by atoms with Crippen molar-refractivity contribution in [2.75, 3.05) is 51.0 Å². The Kier molecular flexibility index (Phi) is 11.3. The molecule has 2 N–H and O–H groups in total. The number of benzene rings is 1. The third-order valence-electron chi connectivity index (χ3n) is 6.59. The first-order chi connectivity index (χ1) is 18.0. The van der Waals surface area contributed by atoms with E-state index in [1.807, 2.05) is 4.90 Å². The fraction of sp³-hybridized carbons (Fsp3) is 0.556. The van der Waals surface area contributed by atoms with E-state index in [9.17, 15) is 9.59 Å². The molecule has 9 nitrogen and oxygen atoms in total. The second kappa shape index (κ2) is 14.6. The Balaban J connectivity index is 1.50. The van der Waals surface area contributed by atoms with Crippen molar-refractivity contribution in [2.45, 2.75) is 58.3 Å². The van der Waals surface area contributed by atoms with Gasteiger partial charge in [0.05, 0.1) is 19.0 Å². The number of aromatic nitrogens is 2. The first-order valence-electron chi connectivity index (χ1n) is 13.2. The molecule has 1 aromatic heterocycles. The molecule has 2 aromatic rings. The fourth-order valence-corrected chi connectivity index (χ4v) is 4.57. The second-order valence-electron chi connectivity index (χ2n) is 9.22. The summed E-state index contributed by atoms with van der Waals surface area (Å²) in [6, 6.07) is 5.23. The highest BCUT2D eigenvalue weighted by atomic mass is 35.5. The summed E-state index contributed by atoms with van der Waals surface area (Å²) in [5.74, 6) is 1.47. The van der Waals surface area contributed by atoms with Crippen LogP contribution in [0, 0.1) is 0 Å². The Labute approximate surface area is 224 Å². The molecule has 10 heteroatoms. The van der Waals surface area contributed by atoms with Crippen LogP contribution >= 0.6 is 11.6 Å². The number of halogens is 1. The maximum Gasteiger partial charge on any atom is 0.254 e. The lowest BCUT2D eigenvalue weighted by atomic mass is 10.1. The number of nitrogens with one attached hydrogen (secondary N) is 2. The zero-order valence-corrected chi connectivity index (χ0v) is 22.9. The quantitative estimate of drug-likeness (QED) is 0.337. The van der Waals surface area contributed by atoms with Gasteiger partial charge in [-0.05, 0) is 24.6 Å². The average Bonchev–Trinajstić information content (AvgIpc) is 2.93. The van der Waals surface area contributed by atoms with Crippen molar-refractivity contribution < 1.29 is 14.3 Å². The van der Waals surface area contributed by atoms with Crippen LogP contribution in [0.2, 0.25) is 5.02 Å². The molecule has 1 fully saturated rings. The van der Waals surface area contributed by atoms with Crippen LogP contribution in [-0.2, 0) is 4.79 Å². The van der Waals surface area contributed by atoms with E-state index in [1.54, 1.807) is 37.3 Å². The van der Waals surface area contributed by atoms with Gasteiger partial charge in [-0.3, -0.25) is 9.59 Å². The smallest absolute Gasteiger partial charge is 0.254 e. The first kappa shape index (κ1) is 28.5. The van der Waals surface area contributed by atoms with Crippen LogP contribution in [-0.4, -0.2) is 71.9 Å². The summed E-state index contributed by atoms with van der Waals surface area (Å²) in [6.07, 6.45) is 10.5. The van der Waals surface area contributed by atoms with E-state index in [0.29, 0.717) is 66.4 Å². The predicted molar refractivity (Wildman–Crippen MR) is 148 cm³/mol. The van der Waals surface area contributed by atoms with Gasteiger partial charge >= 0.3 is 0 Å². The number of carbonyl (C=O) groups is 2. The van der Waals surface area contributed by atoms with Gasteiger partial charge in [0.25, 0.3) is 5.91 Å². The molecule has 1 aliphatic heterocycles. The van der Waals surface area contributed by atoms with Crippen LogP contribution in [0.25, 0.3) is 0 Å². The van der Waals surface area contributed by atoms with E-state index in [2.05, 4.69) is 27.5 Å². The number of amides is 2. The molecule has 0 aliphatic carbocycles. The van der Waals surface area contributed by atoms with E-state index in [0.717, 1.165) is 12.8 Å². The molecule has 0 saturated carbocycles. The Hall–Kier alpha value is -3.07. The Morgan fingerprint density at radius 1 is 1.03 bits per heavy atom. The summed E-state index contributed by atoms with van der Waals surface area (Å²) in [6.45, 7) is 4.40. The van der Waals surface area contributed by atoms with Crippen LogP contribution in [0.5, 0.6) is 5.75 Å². The molecule has 2 heterocycles. The van der Waals surface area contributed by atoms with Gasteiger partial charge < -0.3 is 25.2 Å². The molecule has 0 atom stereocenters. The SMILES string of the molecule is CCCCCCCCCC(=O)N1CCN(C(=O)c2ccc(Nc3ncc(Cl)c(NC)n3)c(OC)c2)CC1. The van der Waals surface area contributed by atoms with Crippen LogP contribution in [0.3, 0.4) is 0 Å². The number of unbranched alkanes of at least 4 members (excludes halogenated alkanes) is 6. The number of carbonyl (C=O) groups excluding carboxylic acids is 2. The topological polar surface area (TPSA) is 99.7 Å². The summed E-state index contributed by atoms with van der Waals surface area (Å²) in [5, 5.41) is 6.44. The van der Waals surface area contributed by atoms with Gasteiger partial charge in [-0.1, -0.05) is 57.0 Å². The average molecular weight is 531 g/mol. The third kappa shape index (κ3) is 8.21. The minimum absolute atomic E-state index is 0.0794. The van der Waals surface area contributed by atoms with Gasteiger partial charge in [0.15, 0.2) is 0 Å². The number of rotatable bonds is 13. The molecular weight excluding hydrogens is 492 g/mol. The Bertz CT molecular complexity index is 1040. The molecule has 1 aliphatic rings. The molecule has 0 radical (unpaired) electrons. The molecule has 1 saturated heterocycles. The number of hydrogen-bond donors (Lipinski definition) is 2. The van der Waals surface area contributed by atoms with Gasteiger partial charge in [0.2, 0.25) is 11.9 Å². The van der Waals surface area contributed by atoms with Crippen LogP contribution in [0.15, 0.2) is 24.4 Å². The Morgan fingerprint density at radius 3 is 2.38 bits per heavy atom. The number of methoxy groups -OCH3 is 1. The minimum Gasteiger partial charge on any atom is -0.495 e. The van der Waals surface area contributed by atoms with Gasteiger partial charge in [-0.15, -0.1) is 0 Å². The highest BCUT2D eigenvalue weighted by Gasteiger charge is 2.25. The highest BCUT2D eigenvalue weighted by molar-refractivity contribution is 6.32. The fourth-order valence-electron chi connectivity index (χ4n) is 4.38. The summed E-state index contributed by atoms with van der Waals surface area (Å²) in [4.78, 5) is 37.9. The number of ether oxygens (including phenoxy) is 1. The Morgan fingerprint density at radius 2 is 1.70 bits per heavy atom. The van der Waals surface area contributed by atoms with Gasteiger partial charge in [-0.2, -0.15) is 4.98 Å². The lowest BCUT2D eigenvalue weighted by molar-refractivity contribution is -0.132. The monoisotopic (exact) mass is 530 g/mol. The molecule has 37 heavy (non-hydrogen) atoms. The zero-order chi connectivity index (χ0) is 26.6. The number of anilines is 3. The minimum atomic E-state index is -0.0794. The van der Waals surface area contributed by atoms with Crippen molar-refractivity contribution in [1.29, 1.82) is 0 Å². The standard InChI is InChI=1S/C27H39ClN6O3/c1-4-5-6-7-8-9-10-11-24(35)33-14-16-34(17-15-33)26(36)20-12-13-22(23(18-20)37-3)31-27-30-19-21(28)25(29-2)32-27/h12-13,18-19H,4-11,14-17H2,1-3H3,(H2,29,30,31,32). The van der Waals surface area contributed by atoms with Crippen molar-refractivity contribution in [3.8, 4) is 5.75 Å². The lowest BCUT2D eigenvalue weighted by Crippen LogP contribution is -2.50. The molecule has 202 valence electrons. The zero-order valence-electron chi connectivity index (χ0n) is 22.2. The van der Waals surface area contributed by atoms with Gasteiger partial charge in [0, 0.05) is 45.2 Å². The molecule has 0 spiro atoms. The largest absolute Gasteiger partial charge is 0.495 e. The molecule has 1 aromatic carbocycles. The van der Waals surface area contributed by atoms with E-state index >= 15 is 0 Å². The van der Waals surface area contributed by atoms with E-state index < -0.39 is 0 Å². The van der Waals surface area contributed by atoms with E-state index in [4.69, 9.17) is 16.3 Å². The number of piperazine rings is 1. The van der Waals surface area contributed by atoms with Crippen molar-refractivity contribution in [1.82, 2.24) is 19.8 Å². The molecule has 3 rings (SSSR count). The third-order valence-corrected chi connectivity index (χ3v) is 6.87. The normalized spacial score (nSPS) is 13.4. The van der Waals surface area contributed by atoms with E-state index in [1.165, 1.54) is 38.3 Å². The highest BCUT2D eigenvalue weighted by Crippen LogP contribution is 2.29. The molecular formula is C27H39ClN6O3. The summed E-state index contributed by atoms with van der Waals surface area (Å²) in [7, 11) is 3.28. The number of nitrogens with zero attached hydrogens (tertiary/aromatic N) is 4. The molecule has 0 bridgehead atoms. The summed E-state index contributed by atoms with van der Waals surface area (Å²) in [5.41, 5.74) is 1.15. The van der Waals surface area contributed by atoms with Crippen molar-refractivity contribution >= 4 is 40.9 Å². The second-order valence-corrected chi connectivity index (χ2v) is 9.63. The summed E-state index contributed by atoms with van der Waals surface area (Å²) >= 11 is 6.06. The first-order valence-corrected chi connectivity index (χ1v) is 13.6. The van der Waals surface area contributed by atoms with Crippen molar-refractivity contribution in [3.05, 3.63) is 35.0 Å². The van der Waals surface area contributed by atoms with E-state index in [-0.39, 0.29) is 11.8 Å². The number of hydrogen-bond acceptors (Lipinski definition) is 7. The molecule has 2 amide bonds. The van der Waals surface area contributed by atoms with Crippen molar-refractivity contribution in [3.63, 3.8) is 0 Å². The van der Waals surface area contributed by atoms with Crippen LogP contribution in [0.4, 0.5) is 17.5 Å². The van der Waals surface area contributed by atoms with Crippen LogP contribution < -0.4 is 15.4 Å². The maximum atomic E-state index is 13.2. The van der Waals surface area contributed by atoms with Gasteiger partial charge in [0.1, 0.15) is 16.6 Å². The lowest BCUT2D eigenvalue weighted by Gasteiger charge is -2.35. The van der Waals surface area contributed by atoms with Gasteiger partial charge in [-0.25, -0.2) is 4.98 Å². The summed E-state index contributed by atoms with van der Waals surface area (Å²) < 4.78 is 5.52. The maximum absolute atomic E-state index is 13.2.